The Hall–Kier alpha value is -1.35. The fourth-order valence-electron chi connectivity index (χ4n) is 1.50. The van der Waals surface area contributed by atoms with E-state index >= 15 is 0 Å². The van der Waals surface area contributed by atoms with Gasteiger partial charge >= 0.3 is 0 Å². The fourth-order valence-corrected chi connectivity index (χ4v) is 1.50. The van der Waals surface area contributed by atoms with Crippen molar-refractivity contribution in [2.75, 3.05) is 13.2 Å². The van der Waals surface area contributed by atoms with E-state index in [1.165, 1.54) is 12.1 Å². The van der Waals surface area contributed by atoms with Crippen LogP contribution in [-0.4, -0.2) is 13.2 Å². The van der Waals surface area contributed by atoms with E-state index in [9.17, 15) is 4.39 Å². The molecule has 0 spiro atoms. The second-order valence-electron chi connectivity index (χ2n) is 3.81. The molecule has 0 bridgehead atoms. The molecule has 94 valence electrons. The van der Waals surface area contributed by atoms with Crippen molar-refractivity contribution in [2.45, 2.75) is 26.3 Å². The molecule has 0 unspecified atom stereocenters. The number of hydrogen-bond acceptors (Lipinski definition) is 2. The number of benzene rings is 1. The molecular formula is C14H20FNO. The molecule has 0 saturated carbocycles. The highest BCUT2D eigenvalue weighted by molar-refractivity contribution is 5.33. The molecule has 0 aromatic heterocycles. The largest absolute Gasteiger partial charge is 0.493 e. The highest BCUT2D eigenvalue weighted by Crippen LogP contribution is 2.20. The van der Waals surface area contributed by atoms with Crippen LogP contribution in [0.2, 0.25) is 0 Å². The van der Waals surface area contributed by atoms with E-state index in [1.807, 2.05) is 13.0 Å². The van der Waals surface area contributed by atoms with E-state index in [0.29, 0.717) is 13.2 Å². The summed E-state index contributed by atoms with van der Waals surface area (Å²) < 4.78 is 18.8. The summed E-state index contributed by atoms with van der Waals surface area (Å²) in [6.45, 7) is 7.80. The van der Waals surface area contributed by atoms with Gasteiger partial charge in [0.05, 0.1) is 6.61 Å². The maximum absolute atomic E-state index is 13.1. The summed E-state index contributed by atoms with van der Waals surface area (Å²) in [6, 6.07) is 4.64. The van der Waals surface area contributed by atoms with Crippen LogP contribution in [0.4, 0.5) is 4.39 Å². The molecule has 0 atom stereocenters. The predicted molar refractivity (Wildman–Crippen MR) is 68.7 cm³/mol. The third-order valence-corrected chi connectivity index (χ3v) is 2.40. The lowest BCUT2D eigenvalue weighted by Crippen LogP contribution is -2.13. The molecule has 1 N–H and O–H groups in total. The Morgan fingerprint density at radius 2 is 2.29 bits per heavy atom. The molecule has 0 amide bonds. The predicted octanol–water partition coefficient (Wildman–Crippen LogP) is 3.28. The maximum Gasteiger partial charge on any atom is 0.123 e. The summed E-state index contributed by atoms with van der Waals surface area (Å²) in [5.74, 6) is 0.535. The van der Waals surface area contributed by atoms with Gasteiger partial charge in [0.15, 0.2) is 0 Å². The minimum atomic E-state index is -0.226. The summed E-state index contributed by atoms with van der Waals surface area (Å²) in [6.07, 6.45) is 3.73. The second-order valence-corrected chi connectivity index (χ2v) is 3.81. The highest BCUT2D eigenvalue weighted by Gasteiger charge is 2.04. The summed E-state index contributed by atoms with van der Waals surface area (Å²) in [5, 5.41) is 3.17. The minimum absolute atomic E-state index is 0.226. The van der Waals surface area contributed by atoms with Gasteiger partial charge in [-0.25, -0.2) is 4.39 Å². The van der Waals surface area contributed by atoms with Gasteiger partial charge in [-0.15, -0.1) is 6.58 Å². The van der Waals surface area contributed by atoms with Crippen molar-refractivity contribution in [1.82, 2.24) is 5.32 Å². The van der Waals surface area contributed by atoms with Gasteiger partial charge in [-0.1, -0.05) is 13.0 Å². The molecule has 0 fully saturated rings. The van der Waals surface area contributed by atoms with Crippen LogP contribution in [-0.2, 0) is 6.54 Å². The number of ether oxygens (including phenoxy) is 1. The summed E-state index contributed by atoms with van der Waals surface area (Å²) >= 11 is 0. The lowest BCUT2D eigenvalue weighted by Gasteiger charge is -2.11. The van der Waals surface area contributed by atoms with E-state index in [-0.39, 0.29) is 5.82 Å². The Kier molecular flexibility index (Phi) is 6.33. The molecule has 2 nitrogen and oxygen atoms in total. The third-order valence-electron chi connectivity index (χ3n) is 2.40. The summed E-state index contributed by atoms with van der Waals surface area (Å²) in [7, 11) is 0. The first kappa shape index (κ1) is 13.7. The molecule has 0 aliphatic rings. The van der Waals surface area contributed by atoms with Gasteiger partial charge in [-0.2, -0.15) is 0 Å². The lowest BCUT2D eigenvalue weighted by molar-refractivity contribution is 0.307. The van der Waals surface area contributed by atoms with Gasteiger partial charge in [0.1, 0.15) is 11.6 Å². The van der Waals surface area contributed by atoms with Crippen LogP contribution in [0, 0.1) is 5.82 Å². The Balaban J connectivity index is 2.58. The first-order valence-electron chi connectivity index (χ1n) is 6.00. The van der Waals surface area contributed by atoms with Gasteiger partial charge in [0, 0.05) is 12.1 Å². The monoisotopic (exact) mass is 237 g/mol. The molecule has 17 heavy (non-hydrogen) atoms. The smallest absolute Gasteiger partial charge is 0.123 e. The van der Waals surface area contributed by atoms with Crippen molar-refractivity contribution in [2.24, 2.45) is 0 Å². The molecule has 0 aliphatic carbocycles. The summed E-state index contributed by atoms with van der Waals surface area (Å²) in [4.78, 5) is 0. The van der Waals surface area contributed by atoms with Crippen molar-refractivity contribution in [3.63, 3.8) is 0 Å². The minimum Gasteiger partial charge on any atom is -0.493 e. The first-order chi connectivity index (χ1) is 8.27. The quantitative estimate of drug-likeness (QED) is 0.553. The second kappa shape index (κ2) is 7.85. The van der Waals surface area contributed by atoms with Crippen LogP contribution in [0.5, 0.6) is 5.75 Å². The number of unbranched alkanes of at least 4 members (excludes halogenated alkanes) is 1. The Bertz CT molecular complexity index is 352. The first-order valence-corrected chi connectivity index (χ1v) is 6.00. The van der Waals surface area contributed by atoms with E-state index in [4.69, 9.17) is 4.74 Å². The Morgan fingerprint density at radius 1 is 1.47 bits per heavy atom. The van der Waals surface area contributed by atoms with E-state index in [1.54, 1.807) is 6.07 Å². The van der Waals surface area contributed by atoms with Crippen LogP contribution in [0.3, 0.4) is 0 Å². The van der Waals surface area contributed by atoms with Crippen LogP contribution >= 0.6 is 0 Å². The molecule has 1 aromatic carbocycles. The van der Waals surface area contributed by atoms with E-state index < -0.39 is 0 Å². The van der Waals surface area contributed by atoms with E-state index in [0.717, 1.165) is 30.7 Å². The lowest BCUT2D eigenvalue weighted by atomic mass is 10.2. The van der Waals surface area contributed by atoms with Gasteiger partial charge in [-0.05, 0) is 37.6 Å². The van der Waals surface area contributed by atoms with Crippen molar-refractivity contribution in [3.05, 3.63) is 42.2 Å². The van der Waals surface area contributed by atoms with Crippen LogP contribution in [0.1, 0.15) is 25.3 Å². The van der Waals surface area contributed by atoms with Crippen LogP contribution in [0.15, 0.2) is 30.9 Å². The van der Waals surface area contributed by atoms with Crippen LogP contribution in [0.25, 0.3) is 0 Å². The molecule has 0 heterocycles. The van der Waals surface area contributed by atoms with Crippen molar-refractivity contribution < 1.29 is 9.13 Å². The number of rotatable bonds is 8. The zero-order chi connectivity index (χ0) is 12.5. The highest BCUT2D eigenvalue weighted by atomic mass is 19.1. The SMILES string of the molecule is C=CCCCOc1ccc(F)cc1CNCC. The average Bonchev–Trinajstić information content (AvgIpc) is 2.34. The standard InChI is InChI=1S/C14H20FNO/c1-3-5-6-9-17-14-8-7-13(15)10-12(14)11-16-4-2/h3,7-8,10,16H,1,4-6,9,11H2,2H3. The van der Waals surface area contributed by atoms with Crippen LogP contribution < -0.4 is 10.1 Å². The average molecular weight is 237 g/mol. The number of halogens is 1. The number of nitrogens with one attached hydrogen (secondary N) is 1. The number of hydrogen-bond donors (Lipinski definition) is 1. The zero-order valence-electron chi connectivity index (χ0n) is 10.3. The van der Waals surface area contributed by atoms with Gasteiger partial charge < -0.3 is 10.1 Å². The normalized spacial score (nSPS) is 10.2. The third kappa shape index (κ3) is 5.00. The molecule has 1 rings (SSSR count). The molecule has 1 aromatic rings. The van der Waals surface area contributed by atoms with Crippen molar-refractivity contribution in [1.29, 1.82) is 0 Å². The molecule has 0 aliphatic heterocycles. The maximum atomic E-state index is 13.1. The van der Waals surface area contributed by atoms with Crippen molar-refractivity contribution in [3.8, 4) is 5.75 Å². The van der Waals surface area contributed by atoms with Gasteiger partial charge in [-0.3, -0.25) is 0 Å². The summed E-state index contributed by atoms with van der Waals surface area (Å²) in [5.41, 5.74) is 0.866. The Morgan fingerprint density at radius 3 is 3.00 bits per heavy atom. The Labute approximate surface area is 102 Å². The topological polar surface area (TPSA) is 21.3 Å². The van der Waals surface area contributed by atoms with E-state index in [2.05, 4.69) is 11.9 Å². The van der Waals surface area contributed by atoms with Gasteiger partial charge in [0.2, 0.25) is 0 Å². The molecule has 0 radical (unpaired) electrons. The van der Waals surface area contributed by atoms with Crippen molar-refractivity contribution >= 4 is 0 Å². The molecule has 3 heteroatoms. The zero-order valence-corrected chi connectivity index (χ0v) is 10.3. The molecule has 0 saturated heterocycles. The fraction of sp³-hybridized carbons (Fsp3) is 0.429. The molecular weight excluding hydrogens is 217 g/mol. The number of allylic oxidation sites excluding steroid dienone is 1. The van der Waals surface area contributed by atoms with Gasteiger partial charge in [0.25, 0.3) is 0 Å².